The molecular formula is C20H21NO5S. The topological polar surface area (TPSA) is 72.9 Å². The molecule has 0 amide bonds. The minimum absolute atomic E-state index is 0.0512. The Kier molecular flexibility index (Phi) is 4.24. The van der Waals surface area contributed by atoms with E-state index in [1.807, 2.05) is 6.92 Å². The SMILES string of the molecule is COc1ccc2c(c1)C(=O)CC1(CCN(S(=O)(=O)c3ccc(C)cc3)C1)O2. The molecule has 2 aromatic rings. The number of rotatable bonds is 3. The lowest BCUT2D eigenvalue weighted by Gasteiger charge is -2.34. The third-order valence-corrected chi connectivity index (χ3v) is 7.10. The zero-order valence-electron chi connectivity index (χ0n) is 15.3. The average molecular weight is 387 g/mol. The lowest BCUT2D eigenvalue weighted by molar-refractivity contribution is 0.0497. The van der Waals surface area contributed by atoms with Crippen molar-refractivity contribution >= 4 is 15.8 Å². The number of carbonyl (C=O) groups excluding carboxylic acids is 1. The molecule has 0 aliphatic carbocycles. The molecule has 0 radical (unpaired) electrons. The van der Waals surface area contributed by atoms with Gasteiger partial charge in [0.25, 0.3) is 0 Å². The van der Waals surface area contributed by atoms with Crippen LogP contribution in [0.1, 0.15) is 28.8 Å². The quantitative estimate of drug-likeness (QED) is 0.810. The number of benzene rings is 2. The number of aryl methyl sites for hydroxylation is 1. The summed E-state index contributed by atoms with van der Waals surface area (Å²) in [7, 11) is -2.07. The van der Waals surface area contributed by atoms with Crippen molar-refractivity contribution in [1.82, 2.24) is 4.31 Å². The van der Waals surface area contributed by atoms with Crippen LogP contribution in [0.4, 0.5) is 0 Å². The highest BCUT2D eigenvalue weighted by Crippen LogP contribution is 2.41. The molecule has 1 unspecified atom stereocenters. The normalized spacial score (nSPS) is 22.5. The Hall–Kier alpha value is -2.38. The van der Waals surface area contributed by atoms with Crippen LogP contribution < -0.4 is 9.47 Å². The van der Waals surface area contributed by atoms with Crippen molar-refractivity contribution < 1.29 is 22.7 Å². The minimum Gasteiger partial charge on any atom is -0.497 e. The van der Waals surface area contributed by atoms with Crippen molar-refractivity contribution in [2.75, 3.05) is 20.2 Å². The van der Waals surface area contributed by atoms with Gasteiger partial charge >= 0.3 is 0 Å². The number of hydrogen-bond acceptors (Lipinski definition) is 5. The summed E-state index contributed by atoms with van der Waals surface area (Å²) >= 11 is 0. The van der Waals surface area contributed by atoms with Gasteiger partial charge in [-0.1, -0.05) is 17.7 Å². The van der Waals surface area contributed by atoms with Gasteiger partial charge in [-0.3, -0.25) is 4.79 Å². The van der Waals surface area contributed by atoms with Crippen molar-refractivity contribution in [2.45, 2.75) is 30.3 Å². The molecule has 0 aromatic heterocycles. The number of Topliss-reactive ketones (excluding diaryl/α,β-unsaturated/α-hetero) is 1. The number of ether oxygens (including phenoxy) is 2. The van der Waals surface area contributed by atoms with Gasteiger partial charge in [-0.25, -0.2) is 8.42 Å². The summed E-state index contributed by atoms with van der Waals surface area (Å²) in [6, 6.07) is 11.9. The van der Waals surface area contributed by atoms with Gasteiger partial charge in [-0.15, -0.1) is 0 Å². The zero-order chi connectivity index (χ0) is 19.2. The number of nitrogens with zero attached hydrogens (tertiary/aromatic N) is 1. The Morgan fingerprint density at radius 3 is 2.59 bits per heavy atom. The fraction of sp³-hybridized carbons (Fsp3) is 0.350. The zero-order valence-corrected chi connectivity index (χ0v) is 16.1. The second-order valence-electron chi connectivity index (χ2n) is 7.15. The van der Waals surface area contributed by atoms with Crippen LogP contribution in [0.3, 0.4) is 0 Å². The molecule has 0 saturated carbocycles. The highest BCUT2D eigenvalue weighted by atomic mass is 32.2. The maximum atomic E-state index is 13.0. The van der Waals surface area contributed by atoms with Crippen molar-refractivity contribution in [2.24, 2.45) is 0 Å². The van der Waals surface area contributed by atoms with Crippen LogP contribution in [-0.2, 0) is 10.0 Å². The summed E-state index contributed by atoms with van der Waals surface area (Å²) in [6.07, 6.45) is 0.641. The minimum atomic E-state index is -3.61. The summed E-state index contributed by atoms with van der Waals surface area (Å²) in [4.78, 5) is 12.9. The van der Waals surface area contributed by atoms with Crippen LogP contribution in [-0.4, -0.2) is 44.3 Å². The van der Waals surface area contributed by atoms with Gasteiger partial charge in [-0.2, -0.15) is 4.31 Å². The molecule has 1 saturated heterocycles. The number of carbonyl (C=O) groups is 1. The first kappa shape index (κ1) is 18.0. The number of fused-ring (bicyclic) bond motifs is 1. The number of ketones is 1. The van der Waals surface area contributed by atoms with Crippen molar-refractivity contribution in [3.63, 3.8) is 0 Å². The average Bonchev–Trinajstić information content (AvgIpc) is 3.06. The molecule has 142 valence electrons. The molecule has 1 atom stereocenters. The van der Waals surface area contributed by atoms with Gasteiger partial charge in [0, 0.05) is 13.0 Å². The lowest BCUT2D eigenvalue weighted by atomic mass is 9.89. The van der Waals surface area contributed by atoms with E-state index >= 15 is 0 Å². The lowest BCUT2D eigenvalue weighted by Crippen LogP contribution is -2.45. The molecule has 4 rings (SSSR count). The van der Waals surface area contributed by atoms with E-state index in [0.717, 1.165) is 5.56 Å². The molecule has 0 bridgehead atoms. The Morgan fingerprint density at radius 2 is 1.89 bits per heavy atom. The highest BCUT2D eigenvalue weighted by molar-refractivity contribution is 7.89. The first-order valence-electron chi connectivity index (χ1n) is 8.80. The third-order valence-electron chi connectivity index (χ3n) is 5.24. The van der Waals surface area contributed by atoms with Gasteiger partial charge in [0.1, 0.15) is 17.1 Å². The van der Waals surface area contributed by atoms with Gasteiger partial charge in [-0.05, 0) is 37.3 Å². The summed E-state index contributed by atoms with van der Waals surface area (Å²) < 4.78 is 38.6. The Morgan fingerprint density at radius 1 is 1.15 bits per heavy atom. The van der Waals surface area contributed by atoms with E-state index in [4.69, 9.17) is 9.47 Å². The monoisotopic (exact) mass is 387 g/mol. The predicted octanol–water partition coefficient (Wildman–Crippen LogP) is 2.80. The summed E-state index contributed by atoms with van der Waals surface area (Å²) in [5.41, 5.74) is 0.677. The predicted molar refractivity (Wildman–Crippen MR) is 99.9 cm³/mol. The molecule has 2 aromatic carbocycles. The van der Waals surface area contributed by atoms with Gasteiger partial charge in [0.15, 0.2) is 5.78 Å². The van der Waals surface area contributed by atoms with E-state index < -0.39 is 15.6 Å². The molecule has 2 aliphatic rings. The molecule has 0 N–H and O–H groups in total. The van der Waals surface area contributed by atoms with Crippen LogP contribution in [0.2, 0.25) is 0 Å². The van der Waals surface area contributed by atoms with E-state index in [0.29, 0.717) is 30.0 Å². The standard InChI is InChI=1S/C20H21NO5S/c1-14-3-6-16(7-4-14)27(23,24)21-10-9-20(13-21)12-18(22)17-11-15(25-2)5-8-19(17)26-20/h3-8,11H,9-10,12-13H2,1-2H3. The molecule has 2 heterocycles. The molecule has 6 nitrogen and oxygen atoms in total. The Labute approximate surface area is 158 Å². The second-order valence-corrected chi connectivity index (χ2v) is 9.09. The Bertz CT molecular complexity index is 1000. The number of hydrogen-bond donors (Lipinski definition) is 0. The van der Waals surface area contributed by atoms with E-state index in [1.54, 1.807) is 49.6 Å². The maximum Gasteiger partial charge on any atom is 0.243 e. The number of methoxy groups -OCH3 is 1. The number of sulfonamides is 1. The fourth-order valence-corrected chi connectivity index (χ4v) is 5.22. The second kappa shape index (κ2) is 6.35. The van der Waals surface area contributed by atoms with E-state index in [-0.39, 0.29) is 23.6 Å². The van der Waals surface area contributed by atoms with Gasteiger partial charge in [0.2, 0.25) is 10.0 Å². The van der Waals surface area contributed by atoms with Gasteiger partial charge in [0.05, 0.1) is 30.5 Å². The van der Waals surface area contributed by atoms with Crippen LogP contribution in [0, 0.1) is 6.92 Å². The molecule has 1 spiro atoms. The fourth-order valence-electron chi connectivity index (χ4n) is 3.70. The molecule has 2 aliphatic heterocycles. The summed E-state index contributed by atoms with van der Waals surface area (Å²) in [6.45, 7) is 2.41. The van der Waals surface area contributed by atoms with Crippen molar-refractivity contribution in [1.29, 1.82) is 0 Å². The highest BCUT2D eigenvalue weighted by Gasteiger charge is 2.49. The van der Waals surface area contributed by atoms with E-state index in [2.05, 4.69) is 0 Å². The molecule has 1 fully saturated rings. The molecule has 27 heavy (non-hydrogen) atoms. The third kappa shape index (κ3) is 3.11. The van der Waals surface area contributed by atoms with Crippen LogP contribution in [0.25, 0.3) is 0 Å². The summed E-state index contributed by atoms with van der Waals surface area (Å²) in [5.74, 6) is 1.03. The molecule has 7 heteroatoms. The van der Waals surface area contributed by atoms with Crippen molar-refractivity contribution in [3.05, 3.63) is 53.6 Å². The van der Waals surface area contributed by atoms with Gasteiger partial charge < -0.3 is 9.47 Å². The first-order chi connectivity index (χ1) is 12.8. The van der Waals surface area contributed by atoms with Crippen LogP contribution >= 0.6 is 0 Å². The summed E-state index contributed by atoms with van der Waals surface area (Å²) in [5, 5.41) is 0. The van der Waals surface area contributed by atoms with E-state index in [9.17, 15) is 13.2 Å². The van der Waals surface area contributed by atoms with E-state index in [1.165, 1.54) is 4.31 Å². The Balaban J connectivity index is 1.60. The smallest absolute Gasteiger partial charge is 0.243 e. The van der Waals surface area contributed by atoms with Crippen LogP contribution in [0.5, 0.6) is 11.5 Å². The largest absolute Gasteiger partial charge is 0.497 e. The first-order valence-corrected chi connectivity index (χ1v) is 10.2. The maximum absolute atomic E-state index is 13.0. The van der Waals surface area contributed by atoms with Crippen LogP contribution in [0.15, 0.2) is 47.4 Å². The van der Waals surface area contributed by atoms with Crippen molar-refractivity contribution in [3.8, 4) is 11.5 Å². The molecular weight excluding hydrogens is 366 g/mol.